The second-order valence-electron chi connectivity index (χ2n) is 14.3. The van der Waals surface area contributed by atoms with E-state index in [1.54, 1.807) is 18.2 Å². The number of aromatic amines is 2. The minimum absolute atomic E-state index is 0.00104. The molecule has 1 saturated heterocycles. The van der Waals surface area contributed by atoms with Crippen molar-refractivity contribution in [3.63, 3.8) is 0 Å². The number of furan rings is 1. The molecule has 15 heteroatoms. The topological polar surface area (TPSA) is 97.8 Å². The number of hydrogen-bond donors (Lipinski definition) is 4. The summed E-state index contributed by atoms with van der Waals surface area (Å²) in [6, 6.07) is 30.6. The molecule has 0 aliphatic carbocycles. The van der Waals surface area contributed by atoms with Crippen molar-refractivity contribution in [2.75, 3.05) is 36.8 Å². The van der Waals surface area contributed by atoms with Crippen molar-refractivity contribution in [3.8, 4) is 33.6 Å². The summed E-state index contributed by atoms with van der Waals surface area (Å²) < 4.78 is 73.7. The van der Waals surface area contributed by atoms with Gasteiger partial charge in [0.2, 0.25) is 0 Å². The van der Waals surface area contributed by atoms with E-state index in [0.717, 1.165) is 54.8 Å². The number of H-pyrrole nitrogens is 2. The van der Waals surface area contributed by atoms with Crippen molar-refractivity contribution in [1.82, 2.24) is 25.3 Å². The predicted octanol–water partition coefficient (Wildman–Crippen LogP) is 12.8. The van der Waals surface area contributed by atoms with Crippen LogP contribution < -0.4 is 10.6 Å². The van der Waals surface area contributed by atoms with Crippen molar-refractivity contribution >= 4 is 56.6 Å². The van der Waals surface area contributed by atoms with E-state index < -0.39 is 23.4 Å². The fraction of sp³-hybridized carbons (Fsp3) is 0.200. The molecule has 8 nitrogen and oxygen atoms in total. The smallest absolute Gasteiger partial charge is 0.416 e. The van der Waals surface area contributed by atoms with Gasteiger partial charge in [0.25, 0.3) is 0 Å². The molecule has 4 N–H and O–H groups in total. The summed E-state index contributed by atoms with van der Waals surface area (Å²) >= 11 is 12.5. The van der Waals surface area contributed by atoms with Gasteiger partial charge in [-0.05, 0) is 73.5 Å². The maximum atomic E-state index is 14.9. The fourth-order valence-electron chi connectivity index (χ4n) is 7.25. The van der Waals surface area contributed by atoms with Crippen molar-refractivity contribution < 1.29 is 26.4 Å². The number of anilines is 2. The zero-order valence-electron chi connectivity index (χ0n) is 31.9. The highest BCUT2D eigenvalue weighted by Crippen LogP contribution is 2.39. The summed E-state index contributed by atoms with van der Waals surface area (Å²) in [7, 11) is 0. The lowest BCUT2D eigenvalue weighted by Gasteiger charge is -2.26. The van der Waals surface area contributed by atoms with Crippen molar-refractivity contribution in [3.05, 3.63) is 142 Å². The van der Waals surface area contributed by atoms with E-state index in [-0.39, 0.29) is 22.1 Å². The fourth-order valence-corrected chi connectivity index (χ4v) is 7.77. The zero-order valence-corrected chi connectivity index (χ0v) is 33.5. The highest BCUT2D eigenvalue weighted by atomic mass is 35.5. The first-order chi connectivity index (χ1) is 29.0. The number of halogens is 7. The van der Waals surface area contributed by atoms with Crippen molar-refractivity contribution in [2.45, 2.75) is 32.0 Å². The Kier molecular flexibility index (Phi) is 12.1. The Morgan fingerprint density at radius 1 is 0.650 bits per heavy atom. The number of aromatic nitrogens is 4. The Balaban J connectivity index is 0.000000172. The van der Waals surface area contributed by atoms with Gasteiger partial charge in [0.1, 0.15) is 22.6 Å². The van der Waals surface area contributed by atoms with E-state index in [0.29, 0.717) is 50.7 Å². The van der Waals surface area contributed by atoms with Crippen LogP contribution in [0.5, 0.6) is 0 Å². The first-order valence-corrected chi connectivity index (χ1v) is 20.1. The maximum absolute atomic E-state index is 14.9. The number of likely N-dealkylation sites (tertiary alicyclic amines) is 1. The Labute approximate surface area is 351 Å². The van der Waals surface area contributed by atoms with Crippen LogP contribution >= 0.6 is 23.2 Å². The van der Waals surface area contributed by atoms with E-state index in [9.17, 15) is 22.0 Å². The first kappa shape index (κ1) is 40.9. The third kappa shape index (κ3) is 8.84. The molecule has 0 saturated carbocycles. The number of fused-ring (bicyclic) bond motifs is 2. The Morgan fingerprint density at radius 2 is 1.18 bits per heavy atom. The van der Waals surface area contributed by atoms with Gasteiger partial charge < -0.3 is 20.0 Å². The molecule has 1 aliphatic rings. The average Bonchev–Trinajstić information content (AvgIpc) is 4.03. The minimum atomic E-state index is -4.40. The zero-order chi connectivity index (χ0) is 41.8. The first-order valence-electron chi connectivity index (χ1n) is 19.3. The van der Waals surface area contributed by atoms with Crippen LogP contribution in [0.25, 0.3) is 55.4 Å². The monoisotopic (exact) mass is 857 g/mol. The number of piperidine rings is 1. The summed E-state index contributed by atoms with van der Waals surface area (Å²) in [4.78, 5) is 2.46. The van der Waals surface area contributed by atoms with Gasteiger partial charge in [-0.25, -0.2) is 8.78 Å². The summed E-state index contributed by atoms with van der Waals surface area (Å²) in [5.74, 6) is 0.992. The lowest BCUT2D eigenvalue weighted by molar-refractivity contribution is -0.137. The van der Waals surface area contributed by atoms with Crippen LogP contribution in [-0.2, 0) is 12.7 Å². The highest BCUT2D eigenvalue weighted by molar-refractivity contribution is 6.35. The number of alkyl halides is 3. The molecule has 0 bridgehead atoms. The summed E-state index contributed by atoms with van der Waals surface area (Å²) in [6.45, 7) is 4.29. The van der Waals surface area contributed by atoms with Crippen LogP contribution in [0.4, 0.5) is 33.6 Å². The van der Waals surface area contributed by atoms with Crippen LogP contribution in [0.15, 0.2) is 114 Å². The van der Waals surface area contributed by atoms with E-state index >= 15 is 0 Å². The molecule has 0 unspecified atom stereocenters. The molecule has 4 heterocycles. The molecule has 5 aromatic carbocycles. The van der Waals surface area contributed by atoms with Gasteiger partial charge in [-0.2, -0.15) is 23.4 Å². The molecule has 308 valence electrons. The molecule has 0 spiro atoms. The third-order valence-corrected chi connectivity index (χ3v) is 11.1. The highest BCUT2D eigenvalue weighted by Gasteiger charge is 2.30. The predicted molar refractivity (Wildman–Crippen MR) is 228 cm³/mol. The molecule has 1 aliphatic heterocycles. The summed E-state index contributed by atoms with van der Waals surface area (Å²) in [5, 5.41) is 21.7. The second-order valence-corrected chi connectivity index (χ2v) is 15.1. The second kappa shape index (κ2) is 17.8. The molecule has 0 amide bonds. The van der Waals surface area contributed by atoms with Gasteiger partial charge in [-0.3, -0.25) is 10.2 Å². The standard InChI is InChI=1S/C25H16ClF4N3O.C20H22ClFN4/c26-21-18(14-4-2-1-3-5-14)12-19-23(22(21)27)32-33-24(19)31-13-17-10-11-20(34-17)15-6-8-16(9-7-15)25(28,29)30;21-17-15(14-7-3-1-4-8-14)13-16-19(18(17)22)24-25-20(16)23-9-12-26-10-5-2-6-11-26/h1-12H,13H2,(H2,31,32,33);1,3-4,7-8,13H,2,5-6,9-12H2,(H2,23,24,25). The van der Waals surface area contributed by atoms with Gasteiger partial charge in [-0.1, -0.05) is 102 Å². The van der Waals surface area contributed by atoms with Crippen molar-refractivity contribution in [1.29, 1.82) is 0 Å². The molecule has 8 aromatic rings. The van der Waals surface area contributed by atoms with Crippen LogP contribution in [0.1, 0.15) is 30.6 Å². The number of hydrogen-bond acceptors (Lipinski definition) is 6. The quantitative estimate of drug-likeness (QED) is 0.102. The normalized spacial score (nSPS) is 13.4. The summed E-state index contributed by atoms with van der Waals surface area (Å²) in [6.07, 6.45) is -0.519. The Bertz CT molecular complexity index is 2710. The number of nitrogens with zero attached hydrogens (tertiary/aromatic N) is 3. The molecule has 1 fully saturated rings. The lowest BCUT2D eigenvalue weighted by atomic mass is 10.0. The SMILES string of the molecule is Fc1c(Cl)c(-c2ccccc2)cc2c(NCCN3CCCCC3)n[nH]c12.Fc1c(Cl)c(-c2ccccc2)cc2c(NCc3ccc(-c4ccc(C(F)(F)F)cc4)o3)n[nH]c12. The number of nitrogens with one attached hydrogen (secondary N) is 4. The third-order valence-electron chi connectivity index (χ3n) is 10.4. The molecule has 0 atom stereocenters. The van der Waals surface area contributed by atoms with E-state index in [4.69, 9.17) is 27.6 Å². The van der Waals surface area contributed by atoms with E-state index in [2.05, 4.69) is 35.9 Å². The van der Waals surface area contributed by atoms with Crippen LogP contribution in [-0.4, -0.2) is 51.5 Å². The molecule has 60 heavy (non-hydrogen) atoms. The summed E-state index contributed by atoms with van der Waals surface area (Å²) in [5.41, 5.74) is 3.20. The molecule has 0 radical (unpaired) electrons. The van der Waals surface area contributed by atoms with Gasteiger partial charge >= 0.3 is 6.18 Å². The van der Waals surface area contributed by atoms with Crippen LogP contribution in [0, 0.1) is 11.6 Å². The average molecular weight is 859 g/mol. The lowest BCUT2D eigenvalue weighted by Crippen LogP contribution is -2.33. The van der Waals surface area contributed by atoms with Crippen LogP contribution in [0.3, 0.4) is 0 Å². The van der Waals surface area contributed by atoms with Crippen molar-refractivity contribution in [2.24, 2.45) is 0 Å². The van der Waals surface area contributed by atoms with Gasteiger partial charge in [0.15, 0.2) is 23.3 Å². The Morgan fingerprint density at radius 3 is 1.72 bits per heavy atom. The van der Waals surface area contributed by atoms with Gasteiger partial charge in [0, 0.05) is 40.6 Å². The minimum Gasteiger partial charge on any atom is -0.459 e. The van der Waals surface area contributed by atoms with E-state index in [1.165, 1.54) is 31.4 Å². The number of rotatable bonds is 10. The molecule has 3 aromatic heterocycles. The Hall–Kier alpha value is -5.89. The number of benzene rings is 5. The van der Waals surface area contributed by atoms with Gasteiger partial charge in [0.05, 0.1) is 22.2 Å². The largest absolute Gasteiger partial charge is 0.459 e. The van der Waals surface area contributed by atoms with E-state index in [1.807, 2.05) is 66.7 Å². The van der Waals surface area contributed by atoms with Gasteiger partial charge in [-0.15, -0.1) is 0 Å². The maximum Gasteiger partial charge on any atom is 0.416 e. The molecular weight excluding hydrogens is 820 g/mol. The molecule has 9 rings (SSSR count). The van der Waals surface area contributed by atoms with Crippen LogP contribution in [0.2, 0.25) is 10.0 Å². The molecular formula is C45H38Cl2F5N7O.